The zero-order valence-corrected chi connectivity index (χ0v) is 17.6. The minimum absolute atomic E-state index is 0.137. The van der Waals surface area contributed by atoms with Crippen molar-refractivity contribution in [2.24, 2.45) is 0 Å². The fraction of sp³-hybridized carbons (Fsp3) is 0.304. The highest BCUT2D eigenvalue weighted by Crippen LogP contribution is 2.25. The fourth-order valence-electron chi connectivity index (χ4n) is 2.84. The number of pyridine rings is 1. The average molecular weight is 406 g/mol. The largest absolute Gasteiger partial charge is 0.352 e. The van der Waals surface area contributed by atoms with Gasteiger partial charge in [-0.15, -0.1) is 0 Å². The van der Waals surface area contributed by atoms with Crippen molar-refractivity contribution in [3.63, 3.8) is 0 Å². The van der Waals surface area contributed by atoms with E-state index < -0.39 is 0 Å². The molecule has 0 atom stereocenters. The average Bonchev–Trinajstić information content (AvgIpc) is 3.16. The Bertz CT molecular complexity index is 991. The van der Waals surface area contributed by atoms with Gasteiger partial charge in [-0.05, 0) is 30.7 Å². The molecule has 0 aliphatic heterocycles. The molecule has 2 amide bonds. The van der Waals surface area contributed by atoms with E-state index in [2.05, 4.69) is 41.5 Å². The summed E-state index contributed by atoms with van der Waals surface area (Å²) in [6.45, 7) is 6.63. The van der Waals surface area contributed by atoms with Crippen molar-refractivity contribution in [1.82, 2.24) is 20.1 Å². The predicted octanol–water partition coefficient (Wildman–Crippen LogP) is 3.71. The van der Waals surface area contributed by atoms with Crippen LogP contribution < -0.4 is 10.6 Å². The molecule has 0 saturated heterocycles. The number of hydrogen-bond donors (Lipinski definition) is 2. The third-order valence-electron chi connectivity index (χ3n) is 4.51. The molecule has 30 heavy (non-hydrogen) atoms. The first-order valence-corrected chi connectivity index (χ1v) is 9.99. The number of amides is 2. The zero-order valence-electron chi connectivity index (χ0n) is 17.6. The lowest BCUT2D eigenvalue weighted by Gasteiger charge is -2.13. The number of nitrogens with zero attached hydrogens (tertiary/aromatic N) is 3. The van der Waals surface area contributed by atoms with Gasteiger partial charge in [0.2, 0.25) is 5.91 Å². The van der Waals surface area contributed by atoms with Gasteiger partial charge in [-0.25, -0.2) is 4.98 Å². The minimum Gasteiger partial charge on any atom is -0.352 e. The molecular weight excluding hydrogens is 378 g/mol. The Labute approximate surface area is 176 Å². The third-order valence-corrected chi connectivity index (χ3v) is 4.51. The van der Waals surface area contributed by atoms with E-state index in [4.69, 9.17) is 0 Å². The minimum atomic E-state index is -0.165. The Morgan fingerprint density at radius 2 is 1.77 bits per heavy atom. The van der Waals surface area contributed by atoms with Gasteiger partial charge in [0.05, 0.1) is 5.69 Å². The first-order chi connectivity index (χ1) is 14.3. The monoisotopic (exact) mass is 405 g/mol. The number of aromatic nitrogens is 3. The molecule has 3 rings (SSSR count). The Kier molecular flexibility index (Phi) is 6.61. The van der Waals surface area contributed by atoms with Crippen LogP contribution in [0, 0.1) is 0 Å². The number of hydrogen-bond acceptors (Lipinski definition) is 4. The van der Waals surface area contributed by atoms with E-state index >= 15 is 0 Å². The number of anilines is 1. The van der Waals surface area contributed by atoms with Gasteiger partial charge in [-0.2, -0.15) is 9.78 Å². The number of carbonyl (C=O) groups excluding carboxylic acids is 2. The smallest absolute Gasteiger partial charge is 0.251 e. The van der Waals surface area contributed by atoms with E-state index in [9.17, 15) is 9.59 Å². The van der Waals surface area contributed by atoms with Gasteiger partial charge in [0.15, 0.2) is 5.82 Å². The normalized spacial score (nSPS) is 11.2. The number of rotatable bonds is 7. The number of nitrogens with one attached hydrogen (secondary N) is 2. The number of carbonyl (C=O) groups is 2. The molecule has 0 aliphatic rings. The molecule has 0 aliphatic carbocycles. The van der Waals surface area contributed by atoms with Crippen LogP contribution in [0.4, 0.5) is 5.82 Å². The first kappa shape index (κ1) is 21.2. The SMILES string of the molecule is CC(C)(C)c1cc(NC(=O)CCCNC(=O)c2ccccc2)n(-c2ccccn2)n1. The topological polar surface area (TPSA) is 88.9 Å². The van der Waals surface area contributed by atoms with E-state index in [1.165, 1.54) is 0 Å². The second-order valence-corrected chi connectivity index (χ2v) is 8.04. The second kappa shape index (κ2) is 9.35. The van der Waals surface area contributed by atoms with Crippen LogP contribution in [-0.4, -0.2) is 33.1 Å². The molecule has 7 nitrogen and oxygen atoms in total. The van der Waals surface area contributed by atoms with Crippen LogP contribution in [-0.2, 0) is 10.2 Å². The molecule has 0 fully saturated rings. The van der Waals surface area contributed by atoms with Crippen LogP contribution in [0.1, 0.15) is 49.7 Å². The molecule has 3 aromatic rings. The Hall–Kier alpha value is -3.48. The molecule has 2 N–H and O–H groups in total. The summed E-state index contributed by atoms with van der Waals surface area (Å²) < 4.78 is 1.65. The molecule has 156 valence electrons. The predicted molar refractivity (Wildman–Crippen MR) is 117 cm³/mol. The molecule has 1 aromatic carbocycles. The van der Waals surface area contributed by atoms with E-state index in [0.717, 1.165) is 5.69 Å². The van der Waals surface area contributed by atoms with Crippen molar-refractivity contribution in [3.05, 3.63) is 72.1 Å². The van der Waals surface area contributed by atoms with Gasteiger partial charge in [-0.1, -0.05) is 45.0 Å². The summed E-state index contributed by atoms with van der Waals surface area (Å²) in [7, 11) is 0. The summed E-state index contributed by atoms with van der Waals surface area (Å²) in [6, 6.07) is 16.4. The van der Waals surface area contributed by atoms with Crippen molar-refractivity contribution in [1.29, 1.82) is 0 Å². The van der Waals surface area contributed by atoms with Gasteiger partial charge < -0.3 is 10.6 Å². The summed E-state index contributed by atoms with van der Waals surface area (Å²) in [6.07, 6.45) is 2.51. The maximum atomic E-state index is 12.5. The molecule has 0 radical (unpaired) electrons. The fourth-order valence-corrected chi connectivity index (χ4v) is 2.84. The quantitative estimate of drug-likeness (QED) is 0.587. The van der Waals surface area contributed by atoms with Gasteiger partial charge in [-0.3, -0.25) is 9.59 Å². The summed E-state index contributed by atoms with van der Waals surface area (Å²) in [5, 5.41) is 10.4. The van der Waals surface area contributed by atoms with Gasteiger partial charge in [0.25, 0.3) is 5.91 Å². The highest BCUT2D eigenvalue weighted by atomic mass is 16.2. The van der Waals surface area contributed by atoms with Gasteiger partial charge in [0, 0.05) is 36.2 Å². The number of benzene rings is 1. The highest BCUT2D eigenvalue weighted by molar-refractivity contribution is 5.94. The third kappa shape index (κ3) is 5.53. The lowest BCUT2D eigenvalue weighted by atomic mass is 9.92. The van der Waals surface area contributed by atoms with E-state index in [0.29, 0.717) is 30.2 Å². The summed E-state index contributed by atoms with van der Waals surface area (Å²) in [5.74, 6) is 0.941. The maximum Gasteiger partial charge on any atom is 0.251 e. The van der Waals surface area contributed by atoms with Crippen molar-refractivity contribution in [2.45, 2.75) is 39.0 Å². The Balaban J connectivity index is 1.59. The molecule has 0 spiro atoms. The highest BCUT2D eigenvalue weighted by Gasteiger charge is 2.21. The van der Waals surface area contributed by atoms with E-state index in [1.54, 1.807) is 23.0 Å². The van der Waals surface area contributed by atoms with Crippen LogP contribution in [0.25, 0.3) is 5.82 Å². The van der Waals surface area contributed by atoms with Crippen molar-refractivity contribution in [3.8, 4) is 5.82 Å². The van der Waals surface area contributed by atoms with Gasteiger partial charge in [0.1, 0.15) is 5.82 Å². The molecule has 7 heteroatoms. The summed E-state index contributed by atoms with van der Waals surface area (Å²) in [5.41, 5.74) is 1.30. The second-order valence-electron chi connectivity index (χ2n) is 8.04. The Morgan fingerprint density at radius 3 is 2.43 bits per heavy atom. The van der Waals surface area contributed by atoms with Gasteiger partial charge >= 0.3 is 0 Å². The standard InChI is InChI=1S/C23H27N5O2/c1-23(2,3)18-16-20(28(27-18)19-12-7-8-14-24-19)26-21(29)13-9-15-25-22(30)17-10-5-4-6-11-17/h4-8,10-12,14,16H,9,13,15H2,1-3H3,(H,25,30)(H,26,29). The van der Waals surface area contributed by atoms with Crippen molar-refractivity contribution in [2.75, 3.05) is 11.9 Å². The van der Waals surface area contributed by atoms with Crippen molar-refractivity contribution < 1.29 is 9.59 Å². The lowest BCUT2D eigenvalue weighted by Crippen LogP contribution is -2.25. The van der Waals surface area contributed by atoms with E-state index in [1.807, 2.05) is 42.5 Å². The van der Waals surface area contributed by atoms with E-state index in [-0.39, 0.29) is 23.7 Å². The maximum absolute atomic E-state index is 12.5. The lowest BCUT2D eigenvalue weighted by molar-refractivity contribution is -0.116. The van der Waals surface area contributed by atoms with Crippen LogP contribution in [0.2, 0.25) is 0 Å². The molecule has 2 heterocycles. The molecule has 0 saturated carbocycles. The zero-order chi connectivity index (χ0) is 21.6. The van der Waals surface area contributed by atoms with Crippen LogP contribution in [0.5, 0.6) is 0 Å². The first-order valence-electron chi connectivity index (χ1n) is 9.99. The molecule has 0 unspecified atom stereocenters. The van der Waals surface area contributed by atoms with Crippen LogP contribution >= 0.6 is 0 Å². The van der Waals surface area contributed by atoms with Crippen LogP contribution in [0.3, 0.4) is 0 Å². The molecular formula is C23H27N5O2. The summed E-state index contributed by atoms with van der Waals surface area (Å²) >= 11 is 0. The van der Waals surface area contributed by atoms with Crippen molar-refractivity contribution >= 4 is 17.6 Å². The molecule has 2 aromatic heterocycles. The molecule has 0 bridgehead atoms. The Morgan fingerprint density at radius 1 is 1.03 bits per heavy atom. The van der Waals surface area contributed by atoms with Crippen LogP contribution in [0.15, 0.2) is 60.8 Å². The summed E-state index contributed by atoms with van der Waals surface area (Å²) in [4.78, 5) is 28.9.